The Labute approximate surface area is 92.6 Å². The van der Waals surface area contributed by atoms with Crippen molar-refractivity contribution in [2.24, 2.45) is 0 Å². The predicted octanol–water partition coefficient (Wildman–Crippen LogP) is 3.08. The molecule has 1 aromatic rings. The van der Waals surface area contributed by atoms with Crippen LogP contribution in [0.1, 0.15) is 5.56 Å². The zero-order valence-corrected chi connectivity index (χ0v) is 9.12. The minimum absolute atomic E-state index is 0.109. The van der Waals surface area contributed by atoms with Crippen molar-refractivity contribution in [1.29, 1.82) is 0 Å². The van der Waals surface area contributed by atoms with Crippen LogP contribution in [0.5, 0.6) is 0 Å². The van der Waals surface area contributed by atoms with Crippen LogP contribution in [-0.4, -0.2) is 13.0 Å². The molecule has 1 rings (SSSR count). The lowest BCUT2D eigenvalue weighted by Crippen LogP contribution is -2.22. The summed E-state index contributed by atoms with van der Waals surface area (Å²) in [5, 5.41) is 2.26. The van der Waals surface area contributed by atoms with Gasteiger partial charge in [-0.05, 0) is 28.1 Å². The van der Waals surface area contributed by atoms with E-state index in [1.165, 1.54) is 6.07 Å². The van der Waals surface area contributed by atoms with Gasteiger partial charge in [0.15, 0.2) is 0 Å². The van der Waals surface area contributed by atoms with Gasteiger partial charge in [-0.15, -0.1) is 0 Å². The predicted molar refractivity (Wildman–Crippen MR) is 51.8 cm³/mol. The van der Waals surface area contributed by atoms with Gasteiger partial charge in [0.2, 0.25) is 0 Å². The first kappa shape index (κ1) is 12.4. The van der Waals surface area contributed by atoms with Crippen LogP contribution in [0.4, 0.5) is 17.6 Å². The monoisotopic (exact) mass is 285 g/mol. The minimum Gasteiger partial charge on any atom is -0.307 e. The fraction of sp³-hybridized carbons (Fsp3) is 0.333. The van der Waals surface area contributed by atoms with E-state index in [1.807, 2.05) is 0 Å². The molecule has 0 radical (unpaired) electrons. The molecule has 0 aliphatic rings. The van der Waals surface area contributed by atoms with Gasteiger partial charge >= 0.3 is 0 Å². The summed E-state index contributed by atoms with van der Waals surface area (Å²) in [7, 11) is 0. The smallest absolute Gasteiger partial charge is 0.250 e. The lowest BCUT2D eigenvalue weighted by Gasteiger charge is -2.07. The normalized spacial score (nSPS) is 11.1. The van der Waals surface area contributed by atoms with Crippen molar-refractivity contribution >= 4 is 15.9 Å². The average Bonchev–Trinajstić information content (AvgIpc) is 2.17. The Hall–Kier alpha value is -0.620. The standard InChI is InChI=1S/C9H8BrF4N/c10-6-1-2-7(11)5(9(6)14)3-15-4-8(12)13/h1-2,8,15H,3-4H2. The van der Waals surface area contributed by atoms with Gasteiger partial charge in [0, 0.05) is 12.1 Å². The lowest BCUT2D eigenvalue weighted by atomic mass is 10.2. The van der Waals surface area contributed by atoms with Crippen molar-refractivity contribution in [1.82, 2.24) is 5.32 Å². The van der Waals surface area contributed by atoms with E-state index >= 15 is 0 Å². The van der Waals surface area contributed by atoms with E-state index < -0.39 is 24.6 Å². The van der Waals surface area contributed by atoms with Crippen molar-refractivity contribution in [3.8, 4) is 0 Å². The molecule has 0 saturated carbocycles. The van der Waals surface area contributed by atoms with Crippen LogP contribution in [0.3, 0.4) is 0 Å². The van der Waals surface area contributed by atoms with Gasteiger partial charge in [0.05, 0.1) is 11.0 Å². The Kier molecular flexibility index (Phi) is 4.53. The molecule has 0 spiro atoms. The maximum absolute atomic E-state index is 13.3. The molecule has 0 bridgehead atoms. The first-order chi connectivity index (χ1) is 7.02. The van der Waals surface area contributed by atoms with Crippen molar-refractivity contribution in [3.05, 3.63) is 33.8 Å². The van der Waals surface area contributed by atoms with Crippen LogP contribution in [0, 0.1) is 11.6 Å². The van der Waals surface area contributed by atoms with Crippen LogP contribution >= 0.6 is 15.9 Å². The number of halogens is 5. The first-order valence-corrected chi connectivity index (χ1v) is 4.93. The third-order valence-electron chi connectivity index (χ3n) is 1.74. The van der Waals surface area contributed by atoms with Gasteiger partial charge in [0.25, 0.3) is 6.43 Å². The van der Waals surface area contributed by atoms with Crippen molar-refractivity contribution in [3.63, 3.8) is 0 Å². The van der Waals surface area contributed by atoms with E-state index in [-0.39, 0.29) is 16.6 Å². The van der Waals surface area contributed by atoms with Crippen molar-refractivity contribution < 1.29 is 17.6 Å². The van der Waals surface area contributed by atoms with Crippen LogP contribution < -0.4 is 5.32 Å². The molecule has 0 aliphatic heterocycles. The number of alkyl halides is 2. The highest BCUT2D eigenvalue weighted by Crippen LogP contribution is 2.21. The van der Waals surface area contributed by atoms with Gasteiger partial charge in [-0.25, -0.2) is 17.6 Å². The Bertz CT molecular complexity index is 343. The van der Waals surface area contributed by atoms with E-state index in [2.05, 4.69) is 21.2 Å². The molecule has 15 heavy (non-hydrogen) atoms. The quantitative estimate of drug-likeness (QED) is 0.662. The highest BCUT2D eigenvalue weighted by molar-refractivity contribution is 9.10. The van der Waals surface area contributed by atoms with Gasteiger partial charge < -0.3 is 5.32 Å². The van der Waals surface area contributed by atoms with E-state index in [0.29, 0.717) is 0 Å². The number of benzene rings is 1. The fourth-order valence-corrected chi connectivity index (χ4v) is 1.41. The zero-order chi connectivity index (χ0) is 11.4. The summed E-state index contributed by atoms with van der Waals surface area (Å²) < 4.78 is 50.0. The maximum atomic E-state index is 13.3. The Morgan fingerprint density at radius 1 is 1.27 bits per heavy atom. The third kappa shape index (κ3) is 3.46. The molecule has 6 heteroatoms. The molecule has 0 fully saturated rings. The summed E-state index contributed by atoms with van der Waals surface area (Å²) in [6.45, 7) is -0.854. The molecule has 0 heterocycles. The van der Waals surface area contributed by atoms with Crippen LogP contribution in [0.15, 0.2) is 16.6 Å². The summed E-state index contributed by atoms with van der Waals surface area (Å²) in [6, 6.07) is 2.30. The molecule has 0 unspecified atom stereocenters. The summed E-state index contributed by atoms with van der Waals surface area (Å²) in [4.78, 5) is 0. The highest BCUT2D eigenvalue weighted by Gasteiger charge is 2.12. The highest BCUT2D eigenvalue weighted by atomic mass is 79.9. The molecule has 0 aromatic heterocycles. The largest absolute Gasteiger partial charge is 0.307 e. The van der Waals surface area contributed by atoms with E-state index in [1.54, 1.807) is 0 Å². The van der Waals surface area contributed by atoms with Gasteiger partial charge in [-0.1, -0.05) is 0 Å². The van der Waals surface area contributed by atoms with Crippen LogP contribution in [0.25, 0.3) is 0 Å². The second-order valence-electron chi connectivity index (χ2n) is 2.84. The number of hydrogen-bond donors (Lipinski definition) is 1. The Morgan fingerprint density at radius 3 is 2.53 bits per heavy atom. The Balaban J connectivity index is 2.71. The topological polar surface area (TPSA) is 12.0 Å². The number of hydrogen-bond acceptors (Lipinski definition) is 1. The molecule has 0 atom stereocenters. The summed E-state index contributed by atoms with van der Waals surface area (Å²) in [5.74, 6) is -1.52. The number of rotatable bonds is 4. The second-order valence-corrected chi connectivity index (χ2v) is 3.70. The molecule has 84 valence electrons. The molecular formula is C9H8BrF4N. The molecule has 1 aromatic carbocycles. The Morgan fingerprint density at radius 2 is 1.93 bits per heavy atom. The van der Waals surface area contributed by atoms with Crippen LogP contribution in [0.2, 0.25) is 0 Å². The molecule has 1 nitrogen and oxygen atoms in total. The number of nitrogens with one attached hydrogen (secondary N) is 1. The first-order valence-electron chi connectivity index (χ1n) is 4.13. The van der Waals surface area contributed by atoms with Gasteiger partial charge in [-0.3, -0.25) is 0 Å². The third-order valence-corrected chi connectivity index (χ3v) is 2.35. The lowest BCUT2D eigenvalue weighted by molar-refractivity contribution is 0.145. The van der Waals surface area contributed by atoms with Crippen LogP contribution in [-0.2, 0) is 6.54 Å². The van der Waals surface area contributed by atoms with E-state index in [0.717, 1.165) is 6.07 Å². The average molecular weight is 286 g/mol. The van der Waals surface area contributed by atoms with Gasteiger partial charge in [-0.2, -0.15) is 0 Å². The summed E-state index contributed by atoms with van der Waals surface area (Å²) in [5.41, 5.74) is -0.245. The SMILES string of the molecule is Fc1ccc(Br)c(F)c1CNCC(F)F. The van der Waals surface area contributed by atoms with Crippen molar-refractivity contribution in [2.75, 3.05) is 6.54 Å². The van der Waals surface area contributed by atoms with E-state index in [4.69, 9.17) is 0 Å². The molecule has 0 saturated heterocycles. The second kappa shape index (κ2) is 5.46. The van der Waals surface area contributed by atoms with Gasteiger partial charge in [0.1, 0.15) is 11.6 Å². The van der Waals surface area contributed by atoms with E-state index in [9.17, 15) is 17.6 Å². The van der Waals surface area contributed by atoms with Crippen molar-refractivity contribution in [2.45, 2.75) is 13.0 Å². The molecule has 0 aliphatic carbocycles. The maximum Gasteiger partial charge on any atom is 0.250 e. The molecule has 1 N–H and O–H groups in total. The zero-order valence-electron chi connectivity index (χ0n) is 7.54. The molecule has 0 amide bonds. The fourth-order valence-electron chi connectivity index (χ4n) is 1.04. The summed E-state index contributed by atoms with van der Waals surface area (Å²) in [6.07, 6.45) is -2.54. The summed E-state index contributed by atoms with van der Waals surface area (Å²) >= 11 is 2.88. The molecular weight excluding hydrogens is 278 g/mol. The minimum atomic E-state index is -2.54.